The molecular weight excluding hydrogens is 298 g/mol. The van der Waals surface area contributed by atoms with Crippen molar-refractivity contribution in [1.29, 1.82) is 0 Å². The minimum absolute atomic E-state index is 0.211. The van der Waals surface area contributed by atoms with Crippen molar-refractivity contribution >= 4 is 5.97 Å². The van der Waals surface area contributed by atoms with Gasteiger partial charge in [-0.15, -0.1) is 0 Å². The number of likely N-dealkylation sites (tertiary alicyclic amines) is 1. The third kappa shape index (κ3) is 4.93. The quantitative estimate of drug-likeness (QED) is 0.748. The summed E-state index contributed by atoms with van der Waals surface area (Å²) in [6.07, 6.45) is 3.35. The molecule has 3 nitrogen and oxygen atoms in total. The second kappa shape index (κ2) is 8.65. The molecule has 3 heteroatoms. The molecule has 2 aromatic carbocycles. The molecule has 1 fully saturated rings. The summed E-state index contributed by atoms with van der Waals surface area (Å²) < 4.78 is 5.40. The summed E-state index contributed by atoms with van der Waals surface area (Å²) in [5.74, 6) is 0.456. The molecule has 0 unspecified atom stereocenters. The van der Waals surface area contributed by atoms with Gasteiger partial charge in [-0.2, -0.15) is 0 Å². The first-order valence-corrected chi connectivity index (χ1v) is 8.80. The molecule has 0 spiro atoms. The lowest BCUT2D eigenvalue weighted by molar-refractivity contribution is 0.0462. The largest absolute Gasteiger partial charge is 0.462 e. The molecule has 0 bridgehead atoms. The van der Waals surface area contributed by atoms with E-state index in [1.807, 2.05) is 18.2 Å². The first kappa shape index (κ1) is 16.7. The van der Waals surface area contributed by atoms with Crippen molar-refractivity contribution in [3.8, 4) is 0 Å². The zero-order valence-electron chi connectivity index (χ0n) is 14.1. The molecule has 0 aromatic heterocycles. The van der Waals surface area contributed by atoms with Gasteiger partial charge < -0.3 is 4.74 Å². The average Bonchev–Trinajstić information content (AvgIpc) is 2.65. The molecule has 0 amide bonds. The lowest BCUT2D eigenvalue weighted by Gasteiger charge is -2.31. The smallest absolute Gasteiger partial charge is 0.338 e. The van der Waals surface area contributed by atoms with E-state index in [1.54, 1.807) is 12.1 Å². The summed E-state index contributed by atoms with van der Waals surface area (Å²) in [6, 6.07) is 19.9. The lowest BCUT2D eigenvalue weighted by atomic mass is 9.93. The Bertz CT molecular complexity index is 619. The van der Waals surface area contributed by atoms with Crippen LogP contribution in [0.15, 0.2) is 60.7 Å². The summed E-state index contributed by atoms with van der Waals surface area (Å²) in [6.45, 7) is 3.83. The Morgan fingerprint density at radius 2 is 1.58 bits per heavy atom. The zero-order chi connectivity index (χ0) is 16.6. The van der Waals surface area contributed by atoms with Crippen molar-refractivity contribution in [3.05, 3.63) is 71.8 Å². The molecule has 1 aliphatic rings. The van der Waals surface area contributed by atoms with Gasteiger partial charge in [-0.05, 0) is 56.0 Å². The van der Waals surface area contributed by atoms with E-state index in [2.05, 4.69) is 35.2 Å². The second-order valence-corrected chi connectivity index (χ2v) is 6.50. The molecule has 0 N–H and O–H groups in total. The Hall–Kier alpha value is -2.13. The van der Waals surface area contributed by atoms with E-state index in [4.69, 9.17) is 4.74 Å². The van der Waals surface area contributed by atoms with Crippen LogP contribution in [0.3, 0.4) is 0 Å². The number of carbonyl (C=O) groups is 1. The molecular formula is C21H25NO2. The Balaban J connectivity index is 1.35. The number of carbonyl (C=O) groups excluding carboxylic acids is 1. The summed E-state index contributed by atoms with van der Waals surface area (Å²) in [5, 5.41) is 0. The first-order chi connectivity index (χ1) is 11.8. The van der Waals surface area contributed by atoms with Crippen LogP contribution < -0.4 is 0 Å². The number of esters is 1. The number of piperidine rings is 1. The summed E-state index contributed by atoms with van der Waals surface area (Å²) in [5.41, 5.74) is 2.02. The molecule has 0 aliphatic carbocycles. The van der Waals surface area contributed by atoms with Gasteiger partial charge in [0.05, 0.1) is 12.2 Å². The van der Waals surface area contributed by atoms with Gasteiger partial charge in [0, 0.05) is 6.54 Å². The van der Waals surface area contributed by atoms with E-state index in [0.29, 0.717) is 18.1 Å². The maximum atomic E-state index is 11.9. The fourth-order valence-electron chi connectivity index (χ4n) is 3.25. The van der Waals surface area contributed by atoms with Gasteiger partial charge in [-0.25, -0.2) is 4.79 Å². The van der Waals surface area contributed by atoms with Crippen LogP contribution in [0.25, 0.3) is 0 Å². The number of hydrogen-bond acceptors (Lipinski definition) is 3. The van der Waals surface area contributed by atoms with Crippen molar-refractivity contribution in [2.24, 2.45) is 5.92 Å². The highest BCUT2D eigenvalue weighted by atomic mass is 16.5. The SMILES string of the molecule is O=C(OCCC1CCN(Cc2ccccc2)CC1)c1ccccc1. The van der Waals surface area contributed by atoms with Crippen LogP contribution in [-0.4, -0.2) is 30.6 Å². The van der Waals surface area contributed by atoms with Crippen LogP contribution in [0.2, 0.25) is 0 Å². The standard InChI is InChI=1S/C21H25NO2/c23-21(20-9-5-2-6-10-20)24-16-13-18-11-14-22(15-12-18)17-19-7-3-1-4-8-19/h1-10,18H,11-17H2. The number of ether oxygens (including phenoxy) is 1. The number of nitrogens with zero attached hydrogens (tertiary/aromatic N) is 1. The van der Waals surface area contributed by atoms with E-state index in [-0.39, 0.29) is 5.97 Å². The number of benzene rings is 2. The van der Waals surface area contributed by atoms with E-state index in [0.717, 1.165) is 26.1 Å². The van der Waals surface area contributed by atoms with Gasteiger partial charge in [-0.1, -0.05) is 48.5 Å². The van der Waals surface area contributed by atoms with Crippen molar-refractivity contribution < 1.29 is 9.53 Å². The van der Waals surface area contributed by atoms with Crippen molar-refractivity contribution in [3.63, 3.8) is 0 Å². The molecule has 1 aliphatic heterocycles. The summed E-state index contributed by atoms with van der Waals surface area (Å²) >= 11 is 0. The predicted molar refractivity (Wildman–Crippen MR) is 95.8 cm³/mol. The average molecular weight is 323 g/mol. The van der Waals surface area contributed by atoms with Crippen LogP contribution in [0, 0.1) is 5.92 Å². The molecule has 2 aromatic rings. The van der Waals surface area contributed by atoms with Crippen molar-refractivity contribution in [1.82, 2.24) is 4.90 Å². The zero-order valence-corrected chi connectivity index (χ0v) is 14.1. The number of rotatable bonds is 6. The fourth-order valence-corrected chi connectivity index (χ4v) is 3.25. The minimum Gasteiger partial charge on any atom is -0.462 e. The Labute approximate surface area is 144 Å². The molecule has 126 valence electrons. The second-order valence-electron chi connectivity index (χ2n) is 6.50. The van der Waals surface area contributed by atoms with Crippen LogP contribution in [0.1, 0.15) is 35.2 Å². The van der Waals surface area contributed by atoms with Gasteiger partial charge in [-0.3, -0.25) is 4.90 Å². The molecule has 1 heterocycles. The highest BCUT2D eigenvalue weighted by Gasteiger charge is 2.19. The molecule has 0 radical (unpaired) electrons. The van der Waals surface area contributed by atoms with E-state index < -0.39 is 0 Å². The van der Waals surface area contributed by atoms with E-state index >= 15 is 0 Å². The number of hydrogen-bond donors (Lipinski definition) is 0. The topological polar surface area (TPSA) is 29.5 Å². The van der Waals surface area contributed by atoms with Gasteiger partial charge >= 0.3 is 5.97 Å². The Morgan fingerprint density at radius 3 is 2.25 bits per heavy atom. The lowest BCUT2D eigenvalue weighted by Crippen LogP contribution is -2.33. The Kier molecular flexibility index (Phi) is 6.02. The summed E-state index contributed by atoms with van der Waals surface area (Å²) in [4.78, 5) is 14.4. The molecule has 24 heavy (non-hydrogen) atoms. The first-order valence-electron chi connectivity index (χ1n) is 8.80. The van der Waals surface area contributed by atoms with Crippen LogP contribution >= 0.6 is 0 Å². The van der Waals surface area contributed by atoms with Gasteiger partial charge in [0.2, 0.25) is 0 Å². The van der Waals surface area contributed by atoms with E-state index in [9.17, 15) is 4.79 Å². The minimum atomic E-state index is -0.211. The summed E-state index contributed by atoms with van der Waals surface area (Å²) in [7, 11) is 0. The Morgan fingerprint density at radius 1 is 0.958 bits per heavy atom. The highest BCUT2D eigenvalue weighted by molar-refractivity contribution is 5.89. The fraction of sp³-hybridized carbons (Fsp3) is 0.381. The van der Waals surface area contributed by atoms with Crippen molar-refractivity contribution in [2.75, 3.05) is 19.7 Å². The van der Waals surface area contributed by atoms with Crippen molar-refractivity contribution in [2.45, 2.75) is 25.8 Å². The normalized spacial score (nSPS) is 16.0. The van der Waals surface area contributed by atoms with Gasteiger partial charge in [0.15, 0.2) is 0 Å². The maximum absolute atomic E-state index is 11.9. The predicted octanol–water partition coefficient (Wildman–Crippen LogP) is 4.15. The van der Waals surface area contributed by atoms with Gasteiger partial charge in [0.25, 0.3) is 0 Å². The molecule has 0 atom stereocenters. The van der Waals surface area contributed by atoms with E-state index in [1.165, 1.54) is 18.4 Å². The van der Waals surface area contributed by atoms with Crippen LogP contribution in [0.4, 0.5) is 0 Å². The monoisotopic (exact) mass is 323 g/mol. The highest BCUT2D eigenvalue weighted by Crippen LogP contribution is 2.22. The van der Waals surface area contributed by atoms with Crippen LogP contribution in [0.5, 0.6) is 0 Å². The third-order valence-corrected chi connectivity index (χ3v) is 4.72. The van der Waals surface area contributed by atoms with Crippen LogP contribution in [-0.2, 0) is 11.3 Å². The molecule has 0 saturated carbocycles. The third-order valence-electron chi connectivity index (χ3n) is 4.72. The molecule has 3 rings (SSSR count). The van der Waals surface area contributed by atoms with Gasteiger partial charge in [0.1, 0.15) is 0 Å². The maximum Gasteiger partial charge on any atom is 0.338 e. The molecule has 1 saturated heterocycles.